The highest BCUT2D eigenvalue weighted by molar-refractivity contribution is 5.41. The Bertz CT molecular complexity index is 548. The fourth-order valence-corrected chi connectivity index (χ4v) is 1.99. The van der Waals surface area contributed by atoms with Crippen LogP contribution in [0.3, 0.4) is 0 Å². The van der Waals surface area contributed by atoms with E-state index in [0.717, 1.165) is 24.8 Å². The molecule has 0 aliphatic carbocycles. The number of aromatic amines is 1. The maximum atomic E-state index is 10.9. The van der Waals surface area contributed by atoms with Crippen LogP contribution in [0, 0.1) is 11.8 Å². The molecular formula is C17H19NO. The molecule has 1 heterocycles. The number of hydrogen-bond donors (Lipinski definition) is 2. The van der Waals surface area contributed by atoms with Gasteiger partial charge in [0, 0.05) is 18.2 Å². The topological polar surface area (TPSA) is 36.0 Å². The molecule has 0 amide bonds. The van der Waals surface area contributed by atoms with Crippen LogP contribution in [0.4, 0.5) is 0 Å². The van der Waals surface area contributed by atoms with Crippen molar-refractivity contribution in [2.75, 3.05) is 0 Å². The second-order valence-corrected chi connectivity index (χ2v) is 4.57. The van der Waals surface area contributed by atoms with Crippen molar-refractivity contribution in [1.29, 1.82) is 0 Å². The summed E-state index contributed by atoms with van der Waals surface area (Å²) in [5.74, 6) is 6.12. The van der Waals surface area contributed by atoms with Gasteiger partial charge in [-0.15, -0.1) is 0 Å². The monoisotopic (exact) mass is 253 g/mol. The van der Waals surface area contributed by atoms with E-state index in [1.807, 2.05) is 42.5 Å². The summed E-state index contributed by atoms with van der Waals surface area (Å²) in [4.78, 5) is 3.06. The van der Waals surface area contributed by atoms with Crippen molar-refractivity contribution in [2.45, 2.75) is 31.8 Å². The van der Waals surface area contributed by atoms with Crippen LogP contribution in [0.1, 0.15) is 37.4 Å². The van der Waals surface area contributed by atoms with Crippen molar-refractivity contribution in [2.24, 2.45) is 0 Å². The molecule has 1 atom stereocenters. The Morgan fingerprint density at radius 2 is 1.95 bits per heavy atom. The largest absolute Gasteiger partial charge is 0.368 e. The van der Waals surface area contributed by atoms with E-state index < -0.39 is 5.60 Å². The lowest BCUT2D eigenvalue weighted by atomic mass is 9.91. The molecule has 1 aromatic carbocycles. The molecule has 2 heteroatoms. The summed E-state index contributed by atoms with van der Waals surface area (Å²) in [5, 5.41) is 10.9. The average molecular weight is 253 g/mol. The second-order valence-electron chi connectivity index (χ2n) is 4.57. The van der Waals surface area contributed by atoms with Gasteiger partial charge in [0.2, 0.25) is 0 Å². The van der Waals surface area contributed by atoms with E-state index in [9.17, 15) is 5.11 Å². The summed E-state index contributed by atoms with van der Waals surface area (Å²) in [6.07, 6.45) is 4.78. The van der Waals surface area contributed by atoms with Gasteiger partial charge in [-0.1, -0.05) is 55.5 Å². The van der Waals surface area contributed by atoms with Crippen LogP contribution >= 0.6 is 0 Å². The number of hydrogen-bond acceptors (Lipinski definition) is 1. The standard InChI is InChI=1S/C17H19NO/c1-2-3-4-8-13-17(19,16-12-9-14-18-16)15-10-6-5-7-11-15/h5-7,9-12,14,18-19H,2-4H2,1H3. The van der Waals surface area contributed by atoms with Gasteiger partial charge < -0.3 is 10.1 Å². The van der Waals surface area contributed by atoms with Crippen LogP contribution in [0.25, 0.3) is 0 Å². The van der Waals surface area contributed by atoms with Gasteiger partial charge >= 0.3 is 0 Å². The molecular weight excluding hydrogens is 234 g/mol. The zero-order chi connectivity index (χ0) is 13.6. The van der Waals surface area contributed by atoms with E-state index in [0.29, 0.717) is 5.69 Å². The van der Waals surface area contributed by atoms with E-state index in [1.165, 1.54) is 0 Å². The van der Waals surface area contributed by atoms with Crippen LogP contribution in [0.15, 0.2) is 48.7 Å². The number of benzene rings is 1. The molecule has 0 spiro atoms. The lowest BCUT2D eigenvalue weighted by Gasteiger charge is -2.21. The molecule has 0 saturated carbocycles. The number of rotatable bonds is 4. The molecule has 0 aliphatic rings. The van der Waals surface area contributed by atoms with Gasteiger partial charge in [0.05, 0.1) is 5.69 Å². The molecule has 19 heavy (non-hydrogen) atoms. The number of aromatic nitrogens is 1. The SMILES string of the molecule is CCCCC#CC(O)(c1ccccc1)c1ccc[nH]1. The fourth-order valence-electron chi connectivity index (χ4n) is 1.99. The zero-order valence-corrected chi connectivity index (χ0v) is 11.2. The molecule has 2 aromatic rings. The molecule has 0 saturated heterocycles. The Hall–Kier alpha value is -1.98. The van der Waals surface area contributed by atoms with Crippen molar-refractivity contribution >= 4 is 0 Å². The molecule has 0 aliphatic heterocycles. The third-order valence-corrected chi connectivity index (χ3v) is 3.10. The highest BCUT2D eigenvalue weighted by Crippen LogP contribution is 2.27. The minimum atomic E-state index is -1.25. The van der Waals surface area contributed by atoms with Crippen LogP contribution in [0.2, 0.25) is 0 Å². The van der Waals surface area contributed by atoms with Gasteiger partial charge in [-0.05, 0) is 18.6 Å². The van der Waals surface area contributed by atoms with Gasteiger partial charge in [0.15, 0.2) is 5.60 Å². The molecule has 1 unspecified atom stereocenters. The Morgan fingerprint density at radius 3 is 2.58 bits per heavy atom. The molecule has 2 N–H and O–H groups in total. The van der Waals surface area contributed by atoms with E-state index >= 15 is 0 Å². The first-order chi connectivity index (χ1) is 9.27. The second kappa shape index (κ2) is 6.26. The number of unbranched alkanes of at least 4 members (excludes halogenated alkanes) is 2. The minimum Gasteiger partial charge on any atom is -0.368 e. The Labute approximate surface area is 114 Å². The Balaban J connectivity index is 2.36. The summed E-state index contributed by atoms with van der Waals surface area (Å²) in [5.41, 5.74) is 0.252. The molecule has 2 rings (SSSR count). The van der Waals surface area contributed by atoms with Gasteiger partial charge in [-0.2, -0.15) is 0 Å². The quantitative estimate of drug-likeness (QED) is 0.635. The maximum absolute atomic E-state index is 10.9. The van der Waals surface area contributed by atoms with E-state index in [4.69, 9.17) is 0 Å². The number of H-pyrrole nitrogens is 1. The first kappa shape index (κ1) is 13.5. The normalized spacial score (nSPS) is 13.4. The third kappa shape index (κ3) is 3.07. The first-order valence-electron chi connectivity index (χ1n) is 6.69. The zero-order valence-electron chi connectivity index (χ0n) is 11.2. The van der Waals surface area contributed by atoms with Crippen molar-refractivity contribution in [3.8, 4) is 11.8 Å². The highest BCUT2D eigenvalue weighted by Gasteiger charge is 2.30. The van der Waals surface area contributed by atoms with E-state index in [-0.39, 0.29) is 0 Å². The van der Waals surface area contributed by atoms with E-state index in [2.05, 4.69) is 23.7 Å². The maximum Gasteiger partial charge on any atom is 0.191 e. The third-order valence-electron chi connectivity index (χ3n) is 3.10. The van der Waals surface area contributed by atoms with Crippen molar-refractivity contribution in [3.63, 3.8) is 0 Å². The minimum absolute atomic E-state index is 0.711. The fraction of sp³-hybridized carbons (Fsp3) is 0.294. The lowest BCUT2D eigenvalue weighted by molar-refractivity contribution is 0.141. The van der Waals surface area contributed by atoms with Crippen molar-refractivity contribution in [1.82, 2.24) is 4.98 Å². The van der Waals surface area contributed by atoms with Crippen LogP contribution in [-0.2, 0) is 5.60 Å². The predicted molar refractivity (Wildman–Crippen MR) is 77.5 cm³/mol. The van der Waals surface area contributed by atoms with Crippen molar-refractivity contribution in [3.05, 3.63) is 59.9 Å². The first-order valence-corrected chi connectivity index (χ1v) is 6.69. The van der Waals surface area contributed by atoms with Crippen molar-refractivity contribution < 1.29 is 5.11 Å². The predicted octanol–water partition coefficient (Wildman–Crippen LogP) is 3.44. The summed E-state index contributed by atoms with van der Waals surface area (Å²) in [6.45, 7) is 2.13. The van der Waals surface area contributed by atoms with Gasteiger partial charge in [-0.3, -0.25) is 0 Å². The average Bonchev–Trinajstić information content (AvgIpc) is 2.99. The Kier molecular flexibility index (Phi) is 4.43. The summed E-state index contributed by atoms with van der Waals surface area (Å²) in [6, 6.07) is 13.3. The molecule has 0 fully saturated rings. The van der Waals surface area contributed by atoms with Crippen LogP contribution in [0.5, 0.6) is 0 Å². The van der Waals surface area contributed by atoms with Gasteiger partial charge in [0.25, 0.3) is 0 Å². The van der Waals surface area contributed by atoms with Gasteiger partial charge in [-0.25, -0.2) is 0 Å². The van der Waals surface area contributed by atoms with Crippen LogP contribution in [-0.4, -0.2) is 10.1 Å². The smallest absolute Gasteiger partial charge is 0.191 e. The molecule has 2 nitrogen and oxygen atoms in total. The number of nitrogens with one attached hydrogen (secondary N) is 1. The van der Waals surface area contributed by atoms with E-state index in [1.54, 1.807) is 6.20 Å². The summed E-state index contributed by atoms with van der Waals surface area (Å²) in [7, 11) is 0. The molecule has 1 aromatic heterocycles. The summed E-state index contributed by atoms with van der Waals surface area (Å²) < 4.78 is 0. The van der Waals surface area contributed by atoms with Gasteiger partial charge in [0.1, 0.15) is 0 Å². The summed E-state index contributed by atoms with van der Waals surface area (Å²) >= 11 is 0. The molecule has 0 radical (unpaired) electrons. The Morgan fingerprint density at radius 1 is 1.16 bits per heavy atom. The van der Waals surface area contributed by atoms with Crippen LogP contribution < -0.4 is 0 Å². The molecule has 98 valence electrons. The highest BCUT2D eigenvalue weighted by atomic mass is 16.3. The number of aliphatic hydroxyl groups is 1. The lowest BCUT2D eigenvalue weighted by Crippen LogP contribution is -2.25. The molecule has 0 bridgehead atoms.